The molecule has 1 atom stereocenters. The van der Waals surface area contributed by atoms with Crippen LogP contribution in [0.5, 0.6) is 0 Å². The van der Waals surface area contributed by atoms with Crippen molar-refractivity contribution in [1.29, 1.82) is 0 Å². The second-order valence-electron chi connectivity index (χ2n) is 5.39. The summed E-state index contributed by atoms with van der Waals surface area (Å²) >= 11 is 0. The molecule has 0 spiro atoms. The van der Waals surface area contributed by atoms with E-state index in [9.17, 15) is 0 Å². The van der Waals surface area contributed by atoms with E-state index in [4.69, 9.17) is 0 Å². The Balaban J connectivity index is 0.00000162. The molecule has 1 aromatic carbocycles. The quantitative estimate of drug-likeness (QED) is 0.907. The van der Waals surface area contributed by atoms with Gasteiger partial charge < -0.3 is 5.32 Å². The van der Waals surface area contributed by atoms with Gasteiger partial charge in [0.15, 0.2) is 0 Å². The standard InChI is InChI=1S/C15H24N2.ClH/c1-11-7-12(2)15(13(3)8-11)10-17-6-5-14(9-17)16-4;/h7-8,14,16H,5-6,9-10H2,1-4H3;1H. The molecule has 102 valence electrons. The first-order valence-electron chi connectivity index (χ1n) is 6.56. The van der Waals surface area contributed by atoms with Crippen LogP contribution < -0.4 is 5.32 Å². The highest BCUT2D eigenvalue weighted by molar-refractivity contribution is 5.85. The lowest BCUT2D eigenvalue weighted by Gasteiger charge is -2.19. The van der Waals surface area contributed by atoms with Crippen LogP contribution in [0, 0.1) is 20.8 Å². The molecule has 0 aromatic heterocycles. The number of rotatable bonds is 3. The van der Waals surface area contributed by atoms with Gasteiger partial charge in [-0.3, -0.25) is 4.90 Å². The fourth-order valence-electron chi connectivity index (χ4n) is 2.89. The van der Waals surface area contributed by atoms with E-state index < -0.39 is 0 Å². The highest BCUT2D eigenvalue weighted by Crippen LogP contribution is 2.20. The zero-order valence-electron chi connectivity index (χ0n) is 11.9. The predicted octanol–water partition coefficient (Wildman–Crippen LogP) is 2.83. The van der Waals surface area contributed by atoms with E-state index in [0.717, 1.165) is 6.54 Å². The van der Waals surface area contributed by atoms with Crippen LogP contribution in [-0.4, -0.2) is 31.1 Å². The minimum absolute atomic E-state index is 0. The van der Waals surface area contributed by atoms with E-state index in [-0.39, 0.29) is 12.4 Å². The molecule has 2 nitrogen and oxygen atoms in total. The maximum atomic E-state index is 3.38. The Morgan fingerprint density at radius 2 is 1.83 bits per heavy atom. The molecule has 1 aliphatic heterocycles. The van der Waals surface area contributed by atoms with Crippen molar-refractivity contribution in [3.8, 4) is 0 Å². The molecular weight excluding hydrogens is 244 g/mol. The lowest BCUT2D eigenvalue weighted by atomic mass is 9.99. The molecule has 3 heteroatoms. The first kappa shape index (κ1) is 15.5. The summed E-state index contributed by atoms with van der Waals surface area (Å²) in [6, 6.07) is 5.28. The molecule has 18 heavy (non-hydrogen) atoms. The summed E-state index contributed by atoms with van der Waals surface area (Å²) in [7, 11) is 2.07. The van der Waals surface area contributed by atoms with Gasteiger partial charge in [-0.1, -0.05) is 17.7 Å². The fraction of sp³-hybridized carbons (Fsp3) is 0.600. The van der Waals surface area contributed by atoms with Crippen molar-refractivity contribution in [1.82, 2.24) is 10.2 Å². The van der Waals surface area contributed by atoms with Gasteiger partial charge in [-0.05, 0) is 50.9 Å². The van der Waals surface area contributed by atoms with Crippen LogP contribution in [0.1, 0.15) is 28.7 Å². The highest BCUT2D eigenvalue weighted by Gasteiger charge is 2.21. The minimum Gasteiger partial charge on any atom is -0.316 e. The largest absolute Gasteiger partial charge is 0.316 e. The third-order valence-corrected chi connectivity index (χ3v) is 3.90. The van der Waals surface area contributed by atoms with Crippen molar-refractivity contribution in [2.45, 2.75) is 39.8 Å². The Hall–Kier alpha value is -0.570. The summed E-state index contributed by atoms with van der Waals surface area (Å²) in [4.78, 5) is 2.56. The van der Waals surface area contributed by atoms with E-state index in [1.165, 1.54) is 41.8 Å². The minimum atomic E-state index is 0. The zero-order chi connectivity index (χ0) is 12.4. The third-order valence-electron chi connectivity index (χ3n) is 3.90. The number of nitrogens with zero attached hydrogens (tertiary/aromatic N) is 1. The van der Waals surface area contributed by atoms with E-state index in [1.807, 2.05) is 0 Å². The number of likely N-dealkylation sites (N-methyl/N-ethyl adjacent to an activating group) is 1. The van der Waals surface area contributed by atoms with Gasteiger partial charge in [0.1, 0.15) is 0 Å². The Kier molecular flexibility index (Phi) is 5.64. The van der Waals surface area contributed by atoms with Crippen LogP contribution in [0.3, 0.4) is 0 Å². The van der Waals surface area contributed by atoms with Crippen molar-refractivity contribution in [2.75, 3.05) is 20.1 Å². The van der Waals surface area contributed by atoms with Gasteiger partial charge in [0.25, 0.3) is 0 Å². The Morgan fingerprint density at radius 3 is 2.33 bits per heavy atom. The molecule has 1 fully saturated rings. The molecule has 0 amide bonds. The SMILES string of the molecule is CNC1CCN(Cc2c(C)cc(C)cc2C)C1.Cl. The Bertz CT molecular complexity index is 380. The van der Waals surface area contributed by atoms with Crippen LogP contribution in [0.4, 0.5) is 0 Å². The van der Waals surface area contributed by atoms with E-state index in [2.05, 4.69) is 50.2 Å². The van der Waals surface area contributed by atoms with Gasteiger partial charge in [-0.2, -0.15) is 0 Å². The Morgan fingerprint density at radius 1 is 1.22 bits per heavy atom. The molecule has 2 rings (SSSR count). The molecule has 1 aliphatic rings. The van der Waals surface area contributed by atoms with Gasteiger partial charge in [0, 0.05) is 25.7 Å². The first-order valence-corrected chi connectivity index (χ1v) is 6.56. The van der Waals surface area contributed by atoms with Crippen molar-refractivity contribution in [2.24, 2.45) is 0 Å². The summed E-state index contributed by atoms with van der Waals surface area (Å²) in [5.74, 6) is 0. The van der Waals surface area contributed by atoms with E-state index in [0.29, 0.717) is 6.04 Å². The lowest BCUT2D eigenvalue weighted by Crippen LogP contribution is -2.29. The molecule has 0 bridgehead atoms. The number of likely N-dealkylation sites (tertiary alicyclic amines) is 1. The average Bonchev–Trinajstić information content (AvgIpc) is 2.71. The maximum absolute atomic E-state index is 3.38. The van der Waals surface area contributed by atoms with Gasteiger partial charge in [0.05, 0.1) is 0 Å². The van der Waals surface area contributed by atoms with E-state index >= 15 is 0 Å². The maximum Gasteiger partial charge on any atom is 0.0239 e. The van der Waals surface area contributed by atoms with Gasteiger partial charge in [-0.15, -0.1) is 12.4 Å². The number of hydrogen-bond acceptors (Lipinski definition) is 2. The van der Waals surface area contributed by atoms with Crippen LogP contribution in [0.25, 0.3) is 0 Å². The third kappa shape index (κ3) is 3.47. The molecule has 0 radical (unpaired) electrons. The number of halogens is 1. The number of aryl methyl sites for hydroxylation is 3. The summed E-state index contributed by atoms with van der Waals surface area (Å²) in [6.07, 6.45) is 1.28. The zero-order valence-corrected chi connectivity index (χ0v) is 12.7. The monoisotopic (exact) mass is 268 g/mol. The van der Waals surface area contributed by atoms with Gasteiger partial charge >= 0.3 is 0 Å². The molecule has 1 aromatic rings. The number of benzene rings is 1. The summed E-state index contributed by atoms with van der Waals surface area (Å²) < 4.78 is 0. The summed E-state index contributed by atoms with van der Waals surface area (Å²) in [5, 5.41) is 3.38. The van der Waals surface area contributed by atoms with Crippen molar-refractivity contribution in [3.05, 3.63) is 34.4 Å². The first-order chi connectivity index (χ1) is 8.10. The predicted molar refractivity (Wildman–Crippen MR) is 80.6 cm³/mol. The molecule has 1 unspecified atom stereocenters. The molecule has 0 saturated carbocycles. The van der Waals surface area contributed by atoms with Crippen molar-refractivity contribution >= 4 is 12.4 Å². The topological polar surface area (TPSA) is 15.3 Å². The van der Waals surface area contributed by atoms with E-state index in [1.54, 1.807) is 0 Å². The molecule has 0 aliphatic carbocycles. The van der Waals surface area contributed by atoms with Gasteiger partial charge in [0.2, 0.25) is 0 Å². The number of hydrogen-bond donors (Lipinski definition) is 1. The molecular formula is C15H25ClN2. The van der Waals surface area contributed by atoms with Crippen LogP contribution in [0.2, 0.25) is 0 Å². The summed E-state index contributed by atoms with van der Waals surface area (Å²) in [6.45, 7) is 10.2. The number of nitrogens with one attached hydrogen (secondary N) is 1. The normalized spacial score (nSPS) is 19.9. The van der Waals surface area contributed by atoms with Gasteiger partial charge in [-0.25, -0.2) is 0 Å². The van der Waals surface area contributed by atoms with Crippen LogP contribution >= 0.6 is 12.4 Å². The molecule has 1 saturated heterocycles. The molecule has 1 N–H and O–H groups in total. The highest BCUT2D eigenvalue weighted by atomic mass is 35.5. The lowest BCUT2D eigenvalue weighted by molar-refractivity contribution is 0.321. The molecule has 1 heterocycles. The second kappa shape index (κ2) is 6.55. The fourth-order valence-corrected chi connectivity index (χ4v) is 2.89. The Labute approximate surface area is 117 Å². The van der Waals surface area contributed by atoms with Crippen LogP contribution in [0.15, 0.2) is 12.1 Å². The van der Waals surface area contributed by atoms with Crippen molar-refractivity contribution in [3.63, 3.8) is 0 Å². The smallest absolute Gasteiger partial charge is 0.0239 e. The van der Waals surface area contributed by atoms with Crippen molar-refractivity contribution < 1.29 is 0 Å². The van der Waals surface area contributed by atoms with Crippen LogP contribution in [-0.2, 0) is 6.54 Å². The summed E-state index contributed by atoms with van der Waals surface area (Å²) in [5.41, 5.74) is 5.77. The average molecular weight is 269 g/mol. The second-order valence-corrected chi connectivity index (χ2v) is 5.39.